The van der Waals surface area contributed by atoms with Crippen molar-refractivity contribution in [1.82, 2.24) is 4.72 Å². The van der Waals surface area contributed by atoms with Gasteiger partial charge in [-0.2, -0.15) is 0 Å². The first-order chi connectivity index (χ1) is 9.72. The minimum absolute atomic E-state index is 0.246. The second-order valence-corrected chi connectivity index (χ2v) is 7.30. The first-order valence-corrected chi connectivity index (χ1v) is 8.23. The summed E-state index contributed by atoms with van der Waals surface area (Å²) < 4.78 is 27.0. The average molecular weight is 355 g/mol. The highest BCUT2D eigenvalue weighted by atomic mass is 35.5. The van der Waals surface area contributed by atoms with Crippen LogP contribution >= 0.6 is 23.2 Å². The van der Waals surface area contributed by atoms with E-state index < -0.39 is 36.1 Å². The summed E-state index contributed by atoms with van der Waals surface area (Å²) >= 11 is 11.5. The topological polar surface area (TPSA) is 110 Å². The van der Waals surface area contributed by atoms with Gasteiger partial charge in [-0.15, -0.1) is 0 Å². The van der Waals surface area contributed by atoms with Gasteiger partial charge in [-0.3, -0.25) is 10.1 Å². The maximum absolute atomic E-state index is 12.3. The third-order valence-electron chi connectivity index (χ3n) is 3.47. The maximum atomic E-state index is 12.3. The normalized spacial score (nSPS) is 17.3. The van der Waals surface area contributed by atoms with Crippen LogP contribution in [0.25, 0.3) is 0 Å². The van der Waals surface area contributed by atoms with E-state index in [1.165, 1.54) is 0 Å². The minimum Gasteiger partial charge on any atom is -0.394 e. The number of nitrogens with zero attached hydrogens (tertiary/aromatic N) is 1. The lowest BCUT2D eigenvalue weighted by atomic mass is 9.78. The van der Waals surface area contributed by atoms with Crippen molar-refractivity contribution in [2.24, 2.45) is 0 Å². The van der Waals surface area contributed by atoms with Gasteiger partial charge < -0.3 is 5.11 Å². The molecule has 0 spiro atoms. The molecule has 0 atom stereocenters. The fourth-order valence-corrected chi connectivity index (χ4v) is 4.48. The standard InChI is InChI=1S/C11H12Cl2N2O5S/c12-7-2-3-8(9(13)10(7)15(17)18)21(19,20)14-11(6-16)4-1-5-11/h2-3,14,16H,1,4-6H2. The quantitative estimate of drug-likeness (QED) is 0.621. The van der Waals surface area contributed by atoms with Crippen LogP contribution in [0.1, 0.15) is 19.3 Å². The Balaban J connectivity index is 2.46. The molecule has 0 bridgehead atoms. The Morgan fingerprint density at radius 1 is 1.38 bits per heavy atom. The molecule has 1 fully saturated rings. The summed E-state index contributed by atoms with van der Waals surface area (Å²) in [5.74, 6) is 0. The number of sulfonamides is 1. The molecule has 2 rings (SSSR count). The van der Waals surface area contributed by atoms with Gasteiger partial charge in [0.25, 0.3) is 0 Å². The van der Waals surface area contributed by atoms with Gasteiger partial charge in [0.05, 0.1) is 17.1 Å². The molecule has 0 amide bonds. The molecule has 0 aliphatic heterocycles. The molecule has 21 heavy (non-hydrogen) atoms. The number of hydrogen-bond donors (Lipinski definition) is 2. The highest BCUT2D eigenvalue weighted by molar-refractivity contribution is 7.89. The summed E-state index contributed by atoms with van der Waals surface area (Å²) in [6.07, 6.45) is 1.78. The summed E-state index contributed by atoms with van der Waals surface area (Å²) in [4.78, 5) is 9.64. The number of rotatable bonds is 5. The van der Waals surface area contributed by atoms with Crippen molar-refractivity contribution in [3.63, 3.8) is 0 Å². The van der Waals surface area contributed by atoms with Crippen LogP contribution in [0.2, 0.25) is 10.0 Å². The van der Waals surface area contributed by atoms with Gasteiger partial charge in [0.1, 0.15) is 14.9 Å². The molecule has 1 saturated carbocycles. The van der Waals surface area contributed by atoms with Gasteiger partial charge in [0, 0.05) is 0 Å². The van der Waals surface area contributed by atoms with Gasteiger partial charge in [0.15, 0.2) is 0 Å². The first-order valence-electron chi connectivity index (χ1n) is 6.00. The van der Waals surface area contributed by atoms with Crippen molar-refractivity contribution >= 4 is 38.9 Å². The van der Waals surface area contributed by atoms with Crippen LogP contribution < -0.4 is 4.72 Å². The smallest absolute Gasteiger partial charge is 0.307 e. The summed E-state index contributed by atoms with van der Waals surface area (Å²) in [6, 6.07) is 2.20. The minimum atomic E-state index is -4.10. The molecule has 1 aromatic carbocycles. The Morgan fingerprint density at radius 2 is 2.00 bits per heavy atom. The Hall–Kier alpha value is -0.930. The van der Waals surface area contributed by atoms with E-state index in [1.54, 1.807) is 0 Å². The number of nitro groups is 1. The lowest BCUT2D eigenvalue weighted by Crippen LogP contribution is -2.56. The second-order valence-electron chi connectivity index (χ2n) is 4.86. The van der Waals surface area contributed by atoms with Crippen LogP contribution in [-0.2, 0) is 10.0 Å². The fraction of sp³-hybridized carbons (Fsp3) is 0.455. The lowest BCUT2D eigenvalue weighted by Gasteiger charge is -2.40. The van der Waals surface area contributed by atoms with Gasteiger partial charge in [-0.05, 0) is 31.4 Å². The van der Waals surface area contributed by atoms with E-state index in [1.807, 2.05) is 0 Å². The van der Waals surface area contributed by atoms with Crippen molar-refractivity contribution < 1.29 is 18.4 Å². The molecule has 2 N–H and O–H groups in total. The van der Waals surface area contributed by atoms with Crippen molar-refractivity contribution in [1.29, 1.82) is 0 Å². The zero-order valence-electron chi connectivity index (χ0n) is 10.7. The number of nitro benzene ring substituents is 1. The number of hydrogen-bond acceptors (Lipinski definition) is 5. The Kier molecular flexibility index (Phi) is 4.46. The average Bonchev–Trinajstić information content (AvgIpc) is 2.33. The van der Waals surface area contributed by atoms with Crippen LogP contribution in [0.4, 0.5) is 5.69 Å². The van der Waals surface area contributed by atoms with Crippen molar-refractivity contribution in [3.05, 3.63) is 32.3 Å². The summed E-state index contributed by atoms with van der Waals surface area (Å²) in [6.45, 7) is -0.348. The van der Waals surface area contributed by atoms with Crippen molar-refractivity contribution in [2.75, 3.05) is 6.61 Å². The summed E-state index contributed by atoms with van der Waals surface area (Å²) in [7, 11) is -4.10. The van der Waals surface area contributed by atoms with Crippen molar-refractivity contribution in [3.8, 4) is 0 Å². The van der Waals surface area contributed by atoms with Crippen LogP contribution in [0.15, 0.2) is 17.0 Å². The molecule has 0 heterocycles. The van der Waals surface area contributed by atoms with Crippen LogP contribution in [0.5, 0.6) is 0 Å². The number of nitrogens with one attached hydrogen (secondary N) is 1. The van der Waals surface area contributed by atoms with Gasteiger partial charge in [-0.25, -0.2) is 13.1 Å². The highest BCUT2D eigenvalue weighted by Gasteiger charge is 2.41. The predicted molar refractivity (Wildman–Crippen MR) is 77.1 cm³/mol. The molecule has 0 aromatic heterocycles. The van der Waals surface area contributed by atoms with E-state index in [-0.39, 0.29) is 11.6 Å². The lowest BCUT2D eigenvalue weighted by molar-refractivity contribution is -0.384. The molecule has 10 heteroatoms. The Bertz CT molecular complexity index is 683. The largest absolute Gasteiger partial charge is 0.394 e. The summed E-state index contributed by atoms with van der Waals surface area (Å²) in [5.41, 5.74) is -1.58. The summed E-state index contributed by atoms with van der Waals surface area (Å²) in [5, 5.41) is 19.4. The molecule has 116 valence electrons. The van der Waals surface area contributed by atoms with E-state index in [2.05, 4.69) is 4.72 Å². The van der Waals surface area contributed by atoms with Crippen LogP contribution in [0.3, 0.4) is 0 Å². The molecular formula is C11H12Cl2N2O5S. The second kappa shape index (κ2) is 5.69. The van der Waals surface area contributed by atoms with E-state index in [4.69, 9.17) is 23.2 Å². The first kappa shape index (κ1) is 16.4. The van der Waals surface area contributed by atoms with Gasteiger partial charge >= 0.3 is 5.69 Å². The third-order valence-corrected chi connectivity index (χ3v) is 5.89. The fourth-order valence-electron chi connectivity index (χ4n) is 2.13. The number of aliphatic hydroxyl groups excluding tert-OH is 1. The third kappa shape index (κ3) is 3.00. The molecule has 0 unspecified atom stereocenters. The molecular weight excluding hydrogens is 343 g/mol. The molecule has 1 aromatic rings. The number of halogens is 2. The zero-order chi connectivity index (χ0) is 15.8. The highest BCUT2D eigenvalue weighted by Crippen LogP contribution is 2.39. The zero-order valence-corrected chi connectivity index (χ0v) is 13.0. The Morgan fingerprint density at radius 3 is 2.43 bits per heavy atom. The molecule has 1 aliphatic carbocycles. The number of aliphatic hydroxyl groups is 1. The van der Waals surface area contributed by atoms with Crippen LogP contribution in [-0.4, -0.2) is 30.6 Å². The van der Waals surface area contributed by atoms with Crippen molar-refractivity contribution in [2.45, 2.75) is 29.7 Å². The van der Waals surface area contributed by atoms with Gasteiger partial charge in [-0.1, -0.05) is 23.2 Å². The van der Waals surface area contributed by atoms with E-state index in [0.717, 1.165) is 18.6 Å². The van der Waals surface area contributed by atoms with E-state index >= 15 is 0 Å². The number of benzene rings is 1. The SMILES string of the molecule is O=[N+]([O-])c1c(Cl)ccc(S(=O)(=O)NC2(CO)CCC2)c1Cl. The van der Waals surface area contributed by atoms with E-state index in [9.17, 15) is 23.6 Å². The monoisotopic (exact) mass is 354 g/mol. The van der Waals surface area contributed by atoms with Gasteiger partial charge in [0.2, 0.25) is 10.0 Å². The molecule has 1 aliphatic rings. The maximum Gasteiger partial charge on any atom is 0.307 e. The van der Waals surface area contributed by atoms with E-state index in [0.29, 0.717) is 12.8 Å². The Labute approximate surface area is 131 Å². The van der Waals surface area contributed by atoms with Crippen LogP contribution in [0, 0.1) is 10.1 Å². The predicted octanol–water partition coefficient (Wildman–Crippen LogP) is 2.09. The molecule has 0 saturated heterocycles. The molecule has 7 nitrogen and oxygen atoms in total. The molecule has 0 radical (unpaired) electrons.